The fraction of sp³-hybridized carbons (Fsp3) is 0.500. The molecule has 20 heavy (non-hydrogen) atoms. The third-order valence-electron chi connectivity index (χ3n) is 3.76. The van der Waals surface area contributed by atoms with Crippen molar-refractivity contribution in [2.24, 2.45) is 0 Å². The standard InChI is InChI=1S/C14H18N2O4/c1-18-13(17)16-6-2-5-14(8-16)9-19-12-7-10(15)3-4-11(12)20-14/h3-4,7H,2,5-6,8-9,15H2,1H3. The van der Waals surface area contributed by atoms with E-state index >= 15 is 0 Å². The summed E-state index contributed by atoms with van der Waals surface area (Å²) in [6.07, 6.45) is 1.39. The van der Waals surface area contributed by atoms with Crippen molar-refractivity contribution < 1.29 is 19.0 Å². The molecule has 108 valence electrons. The molecule has 0 bridgehead atoms. The molecule has 6 nitrogen and oxygen atoms in total. The van der Waals surface area contributed by atoms with Gasteiger partial charge in [-0.2, -0.15) is 0 Å². The molecule has 0 saturated carbocycles. The Morgan fingerprint density at radius 2 is 2.30 bits per heavy atom. The monoisotopic (exact) mass is 278 g/mol. The van der Waals surface area contributed by atoms with Gasteiger partial charge in [-0.15, -0.1) is 0 Å². The molecule has 0 aromatic heterocycles. The fourth-order valence-electron chi connectivity index (χ4n) is 2.78. The number of carbonyl (C=O) groups is 1. The minimum absolute atomic E-state index is 0.323. The van der Waals surface area contributed by atoms with Crippen molar-refractivity contribution in [2.45, 2.75) is 18.4 Å². The molecule has 3 rings (SSSR count). The summed E-state index contributed by atoms with van der Waals surface area (Å²) in [5, 5.41) is 0. The number of anilines is 1. The van der Waals surface area contributed by atoms with Gasteiger partial charge in [0.2, 0.25) is 0 Å². The van der Waals surface area contributed by atoms with E-state index in [1.807, 2.05) is 6.07 Å². The van der Waals surface area contributed by atoms with Gasteiger partial charge in [0, 0.05) is 18.3 Å². The summed E-state index contributed by atoms with van der Waals surface area (Å²) in [5.41, 5.74) is 5.88. The Morgan fingerprint density at radius 3 is 3.10 bits per heavy atom. The molecule has 1 saturated heterocycles. The number of fused-ring (bicyclic) bond motifs is 1. The predicted molar refractivity (Wildman–Crippen MR) is 72.9 cm³/mol. The van der Waals surface area contributed by atoms with E-state index in [2.05, 4.69) is 0 Å². The van der Waals surface area contributed by atoms with E-state index in [1.165, 1.54) is 7.11 Å². The number of benzene rings is 1. The summed E-state index contributed by atoms with van der Waals surface area (Å²) in [6, 6.07) is 5.34. The third kappa shape index (κ3) is 2.21. The zero-order valence-electron chi connectivity index (χ0n) is 11.4. The largest absolute Gasteiger partial charge is 0.485 e. The molecular formula is C14H18N2O4. The molecule has 1 aromatic rings. The number of hydrogen-bond donors (Lipinski definition) is 1. The Hall–Kier alpha value is -2.11. The highest BCUT2D eigenvalue weighted by atomic mass is 16.6. The molecule has 2 heterocycles. The number of likely N-dealkylation sites (tertiary alicyclic amines) is 1. The maximum atomic E-state index is 11.7. The molecule has 1 fully saturated rings. The lowest BCUT2D eigenvalue weighted by Crippen LogP contribution is -2.57. The number of nitrogens with two attached hydrogens (primary N) is 1. The Labute approximate surface area is 117 Å². The van der Waals surface area contributed by atoms with Gasteiger partial charge in [0.25, 0.3) is 0 Å². The molecule has 0 radical (unpaired) electrons. The number of ether oxygens (including phenoxy) is 3. The number of amides is 1. The molecular weight excluding hydrogens is 260 g/mol. The summed E-state index contributed by atoms with van der Waals surface area (Å²) < 4.78 is 16.7. The van der Waals surface area contributed by atoms with Crippen LogP contribution >= 0.6 is 0 Å². The van der Waals surface area contributed by atoms with Crippen LogP contribution in [0.15, 0.2) is 18.2 Å². The second kappa shape index (κ2) is 4.77. The highest BCUT2D eigenvalue weighted by molar-refractivity contribution is 5.67. The van der Waals surface area contributed by atoms with Gasteiger partial charge in [-0.25, -0.2) is 4.79 Å². The van der Waals surface area contributed by atoms with Crippen LogP contribution in [0.25, 0.3) is 0 Å². The van der Waals surface area contributed by atoms with E-state index in [0.717, 1.165) is 12.8 Å². The second-order valence-electron chi connectivity index (χ2n) is 5.28. The fourth-order valence-corrected chi connectivity index (χ4v) is 2.78. The van der Waals surface area contributed by atoms with Crippen molar-refractivity contribution in [1.82, 2.24) is 4.90 Å². The first-order valence-corrected chi connectivity index (χ1v) is 6.66. The van der Waals surface area contributed by atoms with Crippen LogP contribution in [0.4, 0.5) is 10.5 Å². The summed E-state index contributed by atoms with van der Waals surface area (Å²) in [7, 11) is 1.39. The Kier molecular flexibility index (Phi) is 3.08. The van der Waals surface area contributed by atoms with Gasteiger partial charge < -0.3 is 24.8 Å². The van der Waals surface area contributed by atoms with Gasteiger partial charge >= 0.3 is 6.09 Å². The first kappa shape index (κ1) is 12.9. The van der Waals surface area contributed by atoms with E-state index in [-0.39, 0.29) is 6.09 Å². The Morgan fingerprint density at radius 1 is 1.45 bits per heavy atom. The van der Waals surface area contributed by atoms with E-state index in [0.29, 0.717) is 36.9 Å². The predicted octanol–water partition coefficient (Wildman–Crippen LogP) is 1.64. The number of nitrogens with zero attached hydrogens (tertiary/aromatic N) is 1. The van der Waals surface area contributed by atoms with Crippen LogP contribution in [0.3, 0.4) is 0 Å². The lowest BCUT2D eigenvalue weighted by molar-refractivity contribution is -0.0553. The maximum Gasteiger partial charge on any atom is 0.409 e. The number of piperidine rings is 1. The minimum Gasteiger partial charge on any atom is -0.485 e. The zero-order chi connectivity index (χ0) is 14.2. The topological polar surface area (TPSA) is 74.0 Å². The molecule has 1 aromatic carbocycles. The average molecular weight is 278 g/mol. The summed E-state index contributed by atoms with van der Waals surface area (Å²) in [6.45, 7) is 1.58. The van der Waals surface area contributed by atoms with Crippen molar-refractivity contribution in [1.29, 1.82) is 0 Å². The molecule has 1 atom stereocenters. The maximum absolute atomic E-state index is 11.7. The molecule has 2 aliphatic heterocycles. The number of hydrogen-bond acceptors (Lipinski definition) is 5. The van der Waals surface area contributed by atoms with Crippen LogP contribution in [-0.4, -0.2) is 43.4 Å². The molecule has 1 unspecified atom stereocenters. The summed E-state index contributed by atoms with van der Waals surface area (Å²) in [5.74, 6) is 1.34. The van der Waals surface area contributed by atoms with Crippen LogP contribution < -0.4 is 15.2 Å². The van der Waals surface area contributed by atoms with E-state index < -0.39 is 5.60 Å². The smallest absolute Gasteiger partial charge is 0.409 e. The zero-order valence-corrected chi connectivity index (χ0v) is 11.4. The van der Waals surface area contributed by atoms with Crippen LogP contribution in [0, 0.1) is 0 Å². The average Bonchev–Trinajstić information content (AvgIpc) is 2.47. The molecule has 2 aliphatic rings. The summed E-state index contributed by atoms with van der Waals surface area (Å²) >= 11 is 0. The Balaban J connectivity index is 1.80. The van der Waals surface area contributed by atoms with Gasteiger partial charge in [-0.1, -0.05) is 0 Å². The van der Waals surface area contributed by atoms with Gasteiger partial charge in [0.15, 0.2) is 17.1 Å². The highest BCUT2D eigenvalue weighted by Crippen LogP contribution is 2.39. The van der Waals surface area contributed by atoms with Gasteiger partial charge in [-0.05, 0) is 25.0 Å². The van der Waals surface area contributed by atoms with Crippen molar-refractivity contribution in [3.05, 3.63) is 18.2 Å². The number of methoxy groups -OCH3 is 1. The molecule has 6 heteroatoms. The first-order valence-electron chi connectivity index (χ1n) is 6.66. The molecule has 2 N–H and O–H groups in total. The highest BCUT2D eigenvalue weighted by Gasteiger charge is 2.43. The minimum atomic E-state index is -0.491. The van der Waals surface area contributed by atoms with Crippen molar-refractivity contribution in [3.63, 3.8) is 0 Å². The number of rotatable bonds is 0. The Bertz CT molecular complexity index is 534. The first-order chi connectivity index (χ1) is 9.62. The van der Waals surface area contributed by atoms with E-state index in [9.17, 15) is 4.79 Å². The third-order valence-corrected chi connectivity index (χ3v) is 3.76. The van der Waals surface area contributed by atoms with Crippen molar-refractivity contribution in [3.8, 4) is 11.5 Å². The lowest BCUT2D eigenvalue weighted by atomic mass is 9.92. The van der Waals surface area contributed by atoms with Crippen molar-refractivity contribution in [2.75, 3.05) is 32.5 Å². The number of carbonyl (C=O) groups excluding carboxylic acids is 1. The molecule has 0 aliphatic carbocycles. The second-order valence-corrected chi connectivity index (χ2v) is 5.28. The van der Waals surface area contributed by atoms with Gasteiger partial charge in [-0.3, -0.25) is 0 Å². The van der Waals surface area contributed by atoms with Crippen LogP contribution in [0.1, 0.15) is 12.8 Å². The van der Waals surface area contributed by atoms with Gasteiger partial charge in [0.1, 0.15) is 6.61 Å². The van der Waals surface area contributed by atoms with Crippen LogP contribution in [0.2, 0.25) is 0 Å². The van der Waals surface area contributed by atoms with E-state index in [1.54, 1.807) is 17.0 Å². The molecule has 1 spiro atoms. The van der Waals surface area contributed by atoms with E-state index in [4.69, 9.17) is 19.9 Å². The van der Waals surface area contributed by atoms with Crippen LogP contribution in [0.5, 0.6) is 11.5 Å². The van der Waals surface area contributed by atoms with Gasteiger partial charge in [0.05, 0.1) is 13.7 Å². The SMILES string of the molecule is COC(=O)N1CCCC2(COc3cc(N)ccc3O2)C1. The number of nitrogen functional groups attached to an aromatic ring is 1. The normalized spacial score (nSPS) is 24.6. The summed E-state index contributed by atoms with van der Waals surface area (Å²) in [4.78, 5) is 13.3. The molecule has 1 amide bonds. The van der Waals surface area contributed by atoms with Crippen LogP contribution in [-0.2, 0) is 4.74 Å². The van der Waals surface area contributed by atoms with Crippen molar-refractivity contribution >= 4 is 11.8 Å². The lowest BCUT2D eigenvalue weighted by Gasteiger charge is -2.44. The quantitative estimate of drug-likeness (QED) is 0.730.